The summed E-state index contributed by atoms with van der Waals surface area (Å²) in [6.07, 6.45) is 0. The number of benzene rings is 2. The Balaban J connectivity index is 1.33. The van der Waals surface area contributed by atoms with Crippen molar-refractivity contribution < 1.29 is 28.6 Å². The second-order valence-corrected chi connectivity index (χ2v) is 7.09. The number of hydrogen-bond donors (Lipinski definition) is 0. The average molecular weight is 410 g/mol. The Labute approximate surface area is 173 Å². The highest BCUT2D eigenvalue weighted by Gasteiger charge is 2.33. The first-order valence-corrected chi connectivity index (χ1v) is 9.74. The van der Waals surface area contributed by atoms with E-state index in [0.29, 0.717) is 18.1 Å². The van der Waals surface area contributed by atoms with Crippen LogP contribution in [-0.4, -0.2) is 74.1 Å². The Morgan fingerprint density at radius 2 is 1.63 bits per heavy atom. The van der Waals surface area contributed by atoms with E-state index >= 15 is 0 Å². The molecule has 8 heteroatoms. The van der Waals surface area contributed by atoms with Crippen LogP contribution in [0, 0.1) is 0 Å². The summed E-state index contributed by atoms with van der Waals surface area (Å²) < 4.78 is 16.4. The molecule has 0 saturated carbocycles. The maximum absolute atomic E-state index is 12.4. The third-order valence-corrected chi connectivity index (χ3v) is 5.14. The fourth-order valence-corrected chi connectivity index (χ4v) is 3.38. The lowest BCUT2D eigenvalue weighted by atomic mass is 10.1. The Morgan fingerprint density at radius 1 is 0.967 bits per heavy atom. The topological polar surface area (TPSA) is 85.4 Å². The Hall–Kier alpha value is -3.23. The third-order valence-electron chi connectivity index (χ3n) is 5.14. The molecule has 2 aliphatic rings. The molecule has 0 unspecified atom stereocenters. The minimum absolute atomic E-state index is 0.205. The smallest absolute Gasteiger partial charge is 0.343 e. The number of morpholine rings is 1. The highest BCUT2D eigenvalue weighted by atomic mass is 16.5. The second kappa shape index (κ2) is 8.64. The van der Waals surface area contributed by atoms with Gasteiger partial charge in [0.1, 0.15) is 18.1 Å². The van der Waals surface area contributed by atoms with E-state index in [4.69, 9.17) is 14.2 Å². The fraction of sp³-hybridized carbons (Fsp3) is 0.318. The minimum Gasteiger partial charge on any atom is -0.492 e. The van der Waals surface area contributed by atoms with Gasteiger partial charge in [-0.15, -0.1) is 0 Å². The van der Waals surface area contributed by atoms with Crippen LogP contribution in [0.25, 0.3) is 0 Å². The van der Waals surface area contributed by atoms with E-state index in [1.54, 1.807) is 24.3 Å². The number of nitrogens with zero attached hydrogens (tertiary/aromatic N) is 2. The van der Waals surface area contributed by atoms with Crippen molar-refractivity contribution in [2.45, 2.75) is 0 Å². The van der Waals surface area contributed by atoms with Crippen molar-refractivity contribution in [3.05, 3.63) is 59.2 Å². The molecule has 0 spiro atoms. The summed E-state index contributed by atoms with van der Waals surface area (Å²) in [4.78, 5) is 39.8. The molecule has 0 aromatic heterocycles. The van der Waals surface area contributed by atoms with E-state index in [0.717, 1.165) is 37.7 Å². The van der Waals surface area contributed by atoms with Gasteiger partial charge < -0.3 is 14.2 Å². The summed E-state index contributed by atoms with van der Waals surface area (Å²) in [5.74, 6) is -0.357. The molecule has 30 heavy (non-hydrogen) atoms. The summed E-state index contributed by atoms with van der Waals surface area (Å²) in [5, 5.41) is 0. The molecule has 2 aromatic rings. The number of hydrogen-bond acceptors (Lipinski definition) is 7. The molecule has 1 fully saturated rings. The van der Waals surface area contributed by atoms with Gasteiger partial charge in [0.2, 0.25) is 0 Å². The number of fused-ring (bicyclic) bond motifs is 1. The molecule has 0 bridgehead atoms. The van der Waals surface area contributed by atoms with Crippen LogP contribution < -0.4 is 9.47 Å². The summed E-state index contributed by atoms with van der Waals surface area (Å²) in [5.41, 5.74) is 0.703. The number of esters is 1. The average Bonchev–Trinajstić information content (AvgIpc) is 2.99. The number of imide groups is 1. The van der Waals surface area contributed by atoms with Crippen LogP contribution in [0.15, 0.2) is 42.5 Å². The number of amides is 2. The molecule has 0 radical (unpaired) electrons. The highest BCUT2D eigenvalue weighted by Crippen LogP contribution is 2.24. The van der Waals surface area contributed by atoms with Gasteiger partial charge in [0.25, 0.3) is 11.8 Å². The maximum atomic E-state index is 12.4. The lowest BCUT2D eigenvalue weighted by Gasteiger charge is -2.26. The summed E-state index contributed by atoms with van der Waals surface area (Å²) >= 11 is 0. The summed E-state index contributed by atoms with van der Waals surface area (Å²) in [7, 11) is 1.41. The van der Waals surface area contributed by atoms with Crippen molar-refractivity contribution in [1.82, 2.24) is 9.80 Å². The van der Waals surface area contributed by atoms with Crippen LogP contribution in [0.1, 0.15) is 31.1 Å². The molecule has 0 N–H and O–H groups in total. The lowest BCUT2D eigenvalue weighted by molar-refractivity contribution is 0.0322. The van der Waals surface area contributed by atoms with Crippen molar-refractivity contribution >= 4 is 17.8 Å². The predicted octanol–water partition coefficient (Wildman–Crippen LogP) is 1.84. The van der Waals surface area contributed by atoms with E-state index < -0.39 is 11.9 Å². The van der Waals surface area contributed by atoms with Crippen LogP contribution in [0.2, 0.25) is 0 Å². The van der Waals surface area contributed by atoms with Gasteiger partial charge in [0, 0.05) is 26.7 Å². The van der Waals surface area contributed by atoms with E-state index in [9.17, 15) is 14.4 Å². The zero-order chi connectivity index (χ0) is 21.1. The predicted molar refractivity (Wildman–Crippen MR) is 107 cm³/mol. The maximum Gasteiger partial charge on any atom is 0.343 e. The van der Waals surface area contributed by atoms with Gasteiger partial charge in [0.05, 0.1) is 29.9 Å². The molecule has 156 valence electrons. The van der Waals surface area contributed by atoms with Crippen LogP contribution in [0.4, 0.5) is 0 Å². The van der Waals surface area contributed by atoms with E-state index in [2.05, 4.69) is 4.90 Å². The SMILES string of the molecule is CN1C(=O)c2ccc(C(=O)Oc3ccc(OCCN4CCOCC4)cc3)cc2C1=O. The normalized spacial score (nSPS) is 16.5. The van der Waals surface area contributed by atoms with Gasteiger partial charge in [-0.25, -0.2) is 4.79 Å². The molecule has 0 atom stereocenters. The van der Waals surface area contributed by atoms with Crippen molar-refractivity contribution in [2.75, 3.05) is 46.5 Å². The third kappa shape index (κ3) is 4.19. The molecular formula is C22H22N2O6. The summed E-state index contributed by atoms with van der Waals surface area (Å²) in [6, 6.07) is 11.1. The van der Waals surface area contributed by atoms with Crippen molar-refractivity contribution in [1.29, 1.82) is 0 Å². The molecule has 1 saturated heterocycles. The van der Waals surface area contributed by atoms with Gasteiger partial charge in [-0.3, -0.25) is 19.4 Å². The van der Waals surface area contributed by atoms with Gasteiger partial charge in [0.15, 0.2) is 0 Å². The molecule has 2 amide bonds. The molecule has 2 aliphatic heterocycles. The van der Waals surface area contributed by atoms with Crippen LogP contribution >= 0.6 is 0 Å². The monoisotopic (exact) mass is 410 g/mol. The second-order valence-electron chi connectivity index (χ2n) is 7.09. The Morgan fingerprint density at radius 3 is 2.37 bits per heavy atom. The first-order chi connectivity index (χ1) is 14.5. The minimum atomic E-state index is -0.603. The van der Waals surface area contributed by atoms with Crippen molar-refractivity contribution in [3.63, 3.8) is 0 Å². The zero-order valence-corrected chi connectivity index (χ0v) is 16.6. The molecule has 2 aromatic carbocycles. The van der Waals surface area contributed by atoms with E-state index in [1.165, 1.54) is 25.2 Å². The molecular weight excluding hydrogens is 388 g/mol. The van der Waals surface area contributed by atoms with Crippen molar-refractivity contribution in [2.24, 2.45) is 0 Å². The molecule has 2 heterocycles. The van der Waals surface area contributed by atoms with E-state index in [-0.39, 0.29) is 22.6 Å². The van der Waals surface area contributed by atoms with E-state index in [1.807, 2.05) is 0 Å². The van der Waals surface area contributed by atoms with Crippen LogP contribution in [-0.2, 0) is 4.74 Å². The quantitative estimate of drug-likeness (QED) is 0.408. The largest absolute Gasteiger partial charge is 0.492 e. The number of ether oxygens (including phenoxy) is 3. The lowest BCUT2D eigenvalue weighted by Crippen LogP contribution is -2.38. The standard InChI is InChI=1S/C22H22N2O6/c1-23-20(25)18-7-2-15(14-19(18)21(23)26)22(27)30-17-5-3-16(4-6-17)29-13-10-24-8-11-28-12-9-24/h2-7,14H,8-13H2,1H3. The number of carbonyl (C=O) groups excluding carboxylic acids is 3. The fourth-order valence-electron chi connectivity index (χ4n) is 3.38. The van der Waals surface area contributed by atoms with Gasteiger partial charge in [-0.05, 0) is 42.5 Å². The summed E-state index contributed by atoms with van der Waals surface area (Å²) in [6.45, 7) is 4.73. The van der Waals surface area contributed by atoms with Crippen LogP contribution in [0.5, 0.6) is 11.5 Å². The number of carbonyl (C=O) groups is 3. The highest BCUT2D eigenvalue weighted by molar-refractivity contribution is 6.21. The van der Waals surface area contributed by atoms with Gasteiger partial charge in [-0.2, -0.15) is 0 Å². The zero-order valence-electron chi connectivity index (χ0n) is 16.6. The molecule has 8 nitrogen and oxygen atoms in total. The number of rotatable bonds is 6. The Bertz CT molecular complexity index is 966. The first-order valence-electron chi connectivity index (χ1n) is 9.74. The van der Waals surface area contributed by atoms with Gasteiger partial charge in [-0.1, -0.05) is 0 Å². The van der Waals surface area contributed by atoms with Gasteiger partial charge >= 0.3 is 5.97 Å². The molecule has 4 rings (SSSR count). The first kappa shape index (κ1) is 20.1. The van der Waals surface area contributed by atoms with Crippen molar-refractivity contribution in [3.8, 4) is 11.5 Å². The van der Waals surface area contributed by atoms with Crippen LogP contribution in [0.3, 0.4) is 0 Å². The Kier molecular flexibility index (Phi) is 5.78. The molecule has 0 aliphatic carbocycles.